The van der Waals surface area contributed by atoms with Crippen LogP contribution < -0.4 is 11.1 Å². The Morgan fingerprint density at radius 1 is 0.968 bits per heavy atom. The van der Waals surface area contributed by atoms with Crippen LogP contribution in [-0.2, 0) is 12.2 Å². The number of nitrogens with two attached hydrogens (primary N) is 1. The number of hydrogen-bond donors (Lipinski definition) is 2. The van der Waals surface area contributed by atoms with Gasteiger partial charge in [-0.2, -0.15) is 15.0 Å². The van der Waals surface area contributed by atoms with Gasteiger partial charge in [-0.3, -0.25) is 4.57 Å². The zero-order valence-corrected chi connectivity index (χ0v) is 18.5. The van der Waals surface area contributed by atoms with Gasteiger partial charge >= 0.3 is 0 Å². The average molecular weight is 433 g/mol. The van der Waals surface area contributed by atoms with Crippen LogP contribution >= 0.6 is 11.8 Å². The molecule has 4 rings (SSSR count). The minimum atomic E-state index is 0.179. The summed E-state index contributed by atoms with van der Waals surface area (Å²) in [5.41, 5.74) is 10.3. The summed E-state index contributed by atoms with van der Waals surface area (Å²) >= 11 is 1.51. The summed E-state index contributed by atoms with van der Waals surface area (Å²) in [7, 11) is 0. The number of anilines is 3. The monoisotopic (exact) mass is 432 g/mol. The Hall–Kier alpha value is -3.46. The number of hydrogen-bond acceptors (Lipinski definition) is 8. The zero-order valence-electron chi connectivity index (χ0n) is 17.7. The molecule has 2 aromatic carbocycles. The van der Waals surface area contributed by atoms with E-state index in [4.69, 9.17) is 5.73 Å². The van der Waals surface area contributed by atoms with Crippen molar-refractivity contribution in [2.45, 2.75) is 38.1 Å². The number of benzene rings is 2. The normalized spacial score (nSPS) is 10.9. The summed E-state index contributed by atoms with van der Waals surface area (Å²) in [4.78, 5) is 13.1. The number of nitrogen functional groups attached to an aromatic ring is 1. The van der Waals surface area contributed by atoms with E-state index in [-0.39, 0.29) is 5.95 Å². The van der Waals surface area contributed by atoms with Gasteiger partial charge in [0.1, 0.15) is 11.6 Å². The molecule has 3 N–H and O–H groups in total. The van der Waals surface area contributed by atoms with E-state index < -0.39 is 0 Å². The van der Waals surface area contributed by atoms with Crippen LogP contribution in [0.3, 0.4) is 0 Å². The van der Waals surface area contributed by atoms with Crippen LogP contribution in [0.1, 0.15) is 29.7 Å². The van der Waals surface area contributed by atoms with Crippen molar-refractivity contribution in [1.82, 2.24) is 29.7 Å². The van der Waals surface area contributed by atoms with Gasteiger partial charge in [-0.05, 0) is 43.5 Å². The van der Waals surface area contributed by atoms with Crippen LogP contribution in [-0.4, -0.2) is 29.7 Å². The van der Waals surface area contributed by atoms with Crippen molar-refractivity contribution in [3.8, 4) is 5.69 Å². The molecule has 0 spiro atoms. The number of para-hydroxylation sites is 2. The number of nitrogens with zero attached hydrogens (tertiary/aromatic N) is 6. The van der Waals surface area contributed by atoms with Crippen molar-refractivity contribution >= 4 is 29.3 Å². The third kappa shape index (κ3) is 4.66. The van der Waals surface area contributed by atoms with Crippen LogP contribution in [0.5, 0.6) is 0 Å². The van der Waals surface area contributed by atoms with E-state index in [1.807, 2.05) is 41.8 Å². The van der Waals surface area contributed by atoms with Crippen molar-refractivity contribution in [3.63, 3.8) is 0 Å². The van der Waals surface area contributed by atoms with Crippen LogP contribution in [0.25, 0.3) is 5.69 Å². The summed E-state index contributed by atoms with van der Waals surface area (Å²) in [6, 6.07) is 16.2. The summed E-state index contributed by atoms with van der Waals surface area (Å²) in [6.45, 7) is 6.12. The molecule has 31 heavy (non-hydrogen) atoms. The Balaban J connectivity index is 1.56. The predicted octanol–water partition coefficient (Wildman–Crippen LogP) is 4.25. The molecular weight excluding hydrogens is 408 g/mol. The molecule has 0 aliphatic carbocycles. The standard InChI is InChI=1S/C22H24N8S/c1-4-16-10-6-7-11-17(16)24-21-26-19(25-20(23)27-21)13-31-22-29-28-15(3)30(22)18-12-8-5-9-14(18)2/h5-12H,4,13H2,1-3H3,(H3,23,24,25,26,27). The number of rotatable bonds is 7. The fraction of sp³-hybridized carbons (Fsp3) is 0.227. The highest BCUT2D eigenvalue weighted by molar-refractivity contribution is 7.98. The molecule has 2 aromatic heterocycles. The number of nitrogens with one attached hydrogen (secondary N) is 1. The van der Waals surface area contributed by atoms with Gasteiger partial charge < -0.3 is 11.1 Å². The quantitative estimate of drug-likeness (QED) is 0.417. The van der Waals surface area contributed by atoms with Crippen LogP contribution in [0.4, 0.5) is 17.6 Å². The SMILES string of the molecule is CCc1ccccc1Nc1nc(N)nc(CSc2nnc(C)n2-c2ccccc2C)n1. The lowest BCUT2D eigenvalue weighted by Crippen LogP contribution is -2.08. The molecule has 2 heterocycles. The van der Waals surface area contributed by atoms with E-state index in [9.17, 15) is 0 Å². The van der Waals surface area contributed by atoms with Gasteiger partial charge in [0.25, 0.3) is 0 Å². The van der Waals surface area contributed by atoms with Crippen molar-refractivity contribution in [2.75, 3.05) is 11.1 Å². The van der Waals surface area contributed by atoms with Gasteiger partial charge in [-0.25, -0.2) is 0 Å². The third-order valence-electron chi connectivity index (χ3n) is 4.83. The molecular formula is C22H24N8S. The lowest BCUT2D eigenvalue weighted by atomic mass is 10.1. The fourth-order valence-electron chi connectivity index (χ4n) is 3.29. The highest BCUT2D eigenvalue weighted by Crippen LogP contribution is 2.26. The Labute approximate surface area is 185 Å². The summed E-state index contributed by atoms with van der Waals surface area (Å²) in [5.74, 6) is 2.50. The van der Waals surface area contributed by atoms with Gasteiger partial charge in [-0.15, -0.1) is 10.2 Å². The maximum absolute atomic E-state index is 5.95. The molecule has 4 aromatic rings. The first-order valence-electron chi connectivity index (χ1n) is 10.0. The van der Waals surface area contributed by atoms with E-state index in [0.29, 0.717) is 17.5 Å². The van der Waals surface area contributed by atoms with Crippen LogP contribution in [0, 0.1) is 13.8 Å². The summed E-state index contributed by atoms with van der Waals surface area (Å²) in [5, 5.41) is 12.6. The first kappa shape index (κ1) is 20.8. The molecule has 0 fully saturated rings. The van der Waals surface area contributed by atoms with E-state index in [2.05, 4.69) is 62.5 Å². The Bertz CT molecular complexity index is 1200. The third-order valence-corrected chi connectivity index (χ3v) is 5.75. The largest absolute Gasteiger partial charge is 0.368 e. The molecule has 0 radical (unpaired) electrons. The molecule has 0 aliphatic heterocycles. The minimum Gasteiger partial charge on any atom is -0.368 e. The molecule has 158 valence electrons. The second-order valence-corrected chi connectivity index (χ2v) is 7.95. The second kappa shape index (κ2) is 9.13. The number of aromatic nitrogens is 6. The molecule has 0 saturated carbocycles. The van der Waals surface area contributed by atoms with Crippen molar-refractivity contribution in [1.29, 1.82) is 0 Å². The van der Waals surface area contributed by atoms with Crippen molar-refractivity contribution in [2.24, 2.45) is 0 Å². The van der Waals surface area contributed by atoms with Gasteiger partial charge in [0.05, 0.1) is 11.4 Å². The fourth-order valence-corrected chi connectivity index (χ4v) is 4.13. The Morgan fingerprint density at radius 2 is 1.74 bits per heavy atom. The van der Waals surface area contributed by atoms with E-state index in [1.165, 1.54) is 17.3 Å². The number of aryl methyl sites for hydroxylation is 3. The van der Waals surface area contributed by atoms with E-state index >= 15 is 0 Å². The summed E-state index contributed by atoms with van der Waals surface area (Å²) in [6.07, 6.45) is 0.903. The maximum atomic E-state index is 5.95. The highest BCUT2D eigenvalue weighted by Gasteiger charge is 2.15. The molecule has 0 bridgehead atoms. The van der Waals surface area contributed by atoms with Crippen LogP contribution in [0.15, 0.2) is 53.7 Å². The van der Waals surface area contributed by atoms with Gasteiger partial charge in [-0.1, -0.05) is 55.1 Å². The Kier molecular flexibility index (Phi) is 6.13. The first-order chi connectivity index (χ1) is 15.0. The van der Waals surface area contributed by atoms with Gasteiger partial charge in [0.15, 0.2) is 5.16 Å². The van der Waals surface area contributed by atoms with Crippen molar-refractivity contribution in [3.05, 3.63) is 71.3 Å². The van der Waals surface area contributed by atoms with Crippen molar-refractivity contribution < 1.29 is 0 Å². The zero-order chi connectivity index (χ0) is 21.8. The van der Waals surface area contributed by atoms with Gasteiger partial charge in [0.2, 0.25) is 11.9 Å². The molecule has 0 atom stereocenters. The lowest BCUT2D eigenvalue weighted by Gasteiger charge is -2.12. The topological polar surface area (TPSA) is 107 Å². The van der Waals surface area contributed by atoms with E-state index in [0.717, 1.165) is 34.3 Å². The molecule has 8 nitrogen and oxygen atoms in total. The molecule has 0 unspecified atom stereocenters. The average Bonchev–Trinajstić information content (AvgIpc) is 3.13. The van der Waals surface area contributed by atoms with E-state index in [1.54, 1.807) is 0 Å². The smallest absolute Gasteiger partial charge is 0.232 e. The highest BCUT2D eigenvalue weighted by atomic mass is 32.2. The Morgan fingerprint density at radius 3 is 2.55 bits per heavy atom. The maximum Gasteiger partial charge on any atom is 0.232 e. The predicted molar refractivity (Wildman–Crippen MR) is 124 cm³/mol. The van der Waals surface area contributed by atoms with Crippen LogP contribution in [0.2, 0.25) is 0 Å². The molecule has 0 amide bonds. The molecule has 0 saturated heterocycles. The van der Waals surface area contributed by atoms with Gasteiger partial charge in [0, 0.05) is 5.69 Å². The lowest BCUT2D eigenvalue weighted by molar-refractivity contribution is 0.859. The molecule has 0 aliphatic rings. The first-order valence-corrected chi connectivity index (χ1v) is 11.0. The molecule has 9 heteroatoms. The summed E-state index contributed by atoms with van der Waals surface area (Å²) < 4.78 is 2.04. The second-order valence-electron chi connectivity index (χ2n) is 7.01. The number of thioether (sulfide) groups is 1. The minimum absolute atomic E-state index is 0.179.